The number of benzene rings is 3. The van der Waals surface area contributed by atoms with Crippen molar-refractivity contribution in [2.45, 2.75) is 26.4 Å². The summed E-state index contributed by atoms with van der Waals surface area (Å²) in [4.78, 5) is 22.5. The van der Waals surface area contributed by atoms with Crippen molar-refractivity contribution in [2.24, 2.45) is 0 Å². The van der Waals surface area contributed by atoms with Gasteiger partial charge in [0.25, 0.3) is 5.91 Å². The van der Waals surface area contributed by atoms with E-state index < -0.39 is 17.5 Å². The average molecular weight is 687 g/mol. The number of carbonyl (C=O) groups is 1. The summed E-state index contributed by atoms with van der Waals surface area (Å²) in [7, 11) is 3.70. The van der Waals surface area contributed by atoms with E-state index in [2.05, 4.69) is 32.2 Å². The van der Waals surface area contributed by atoms with E-state index >= 15 is 4.39 Å². The van der Waals surface area contributed by atoms with Gasteiger partial charge in [0.1, 0.15) is 11.6 Å². The molecule has 1 aliphatic rings. The van der Waals surface area contributed by atoms with Crippen molar-refractivity contribution in [3.63, 3.8) is 0 Å². The summed E-state index contributed by atoms with van der Waals surface area (Å²) in [5.74, 6) is -0.0906. The number of nitrogens with zero attached hydrogens (tertiary/aromatic N) is 5. The zero-order chi connectivity index (χ0) is 35.2. The molecule has 0 saturated carbocycles. The van der Waals surface area contributed by atoms with Gasteiger partial charge in [-0.3, -0.25) is 9.78 Å². The Balaban J connectivity index is 1.14. The van der Waals surface area contributed by atoms with Gasteiger partial charge < -0.3 is 34.1 Å². The molecule has 3 heterocycles. The van der Waals surface area contributed by atoms with E-state index in [1.165, 1.54) is 41.1 Å². The van der Waals surface area contributed by atoms with Crippen LogP contribution in [0, 0.1) is 11.6 Å². The highest BCUT2D eigenvalue weighted by molar-refractivity contribution is 6.04. The molecule has 50 heavy (non-hydrogen) atoms. The van der Waals surface area contributed by atoms with Crippen LogP contribution in [0.25, 0.3) is 16.6 Å². The van der Waals surface area contributed by atoms with Crippen LogP contribution in [-0.4, -0.2) is 90.1 Å². The van der Waals surface area contributed by atoms with Gasteiger partial charge in [0, 0.05) is 62.1 Å². The largest absolute Gasteiger partial charge is 0.493 e. The SMILES string of the molecule is COc1cc2c(Oc3ccc(NC(=O)c4nn(-c5ccc(F)cc5)cc4OC(C)C)cc3F)ccnc2cc1OCCCN1CCN(C)CC1. The summed E-state index contributed by atoms with van der Waals surface area (Å²) in [5.41, 5.74) is 1.30. The molecule has 0 radical (unpaired) electrons. The minimum atomic E-state index is -0.699. The van der Waals surface area contributed by atoms with Gasteiger partial charge in [0.15, 0.2) is 34.5 Å². The Morgan fingerprint density at radius 2 is 1.70 bits per heavy atom. The van der Waals surface area contributed by atoms with Crippen LogP contribution in [0.4, 0.5) is 14.5 Å². The van der Waals surface area contributed by atoms with Crippen molar-refractivity contribution in [1.29, 1.82) is 0 Å². The Kier molecular flexibility index (Phi) is 10.7. The summed E-state index contributed by atoms with van der Waals surface area (Å²) in [6.45, 7) is 9.38. The van der Waals surface area contributed by atoms with E-state index in [9.17, 15) is 9.18 Å². The number of hydrogen-bond donors (Lipinski definition) is 1. The molecule has 5 aromatic rings. The first-order valence-electron chi connectivity index (χ1n) is 16.5. The maximum absolute atomic E-state index is 15.4. The number of methoxy groups -OCH3 is 1. The first kappa shape index (κ1) is 34.6. The Morgan fingerprint density at radius 1 is 0.920 bits per heavy atom. The first-order chi connectivity index (χ1) is 24.2. The number of halogens is 2. The van der Waals surface area contributed by atoms with E-state index in [1.54, 1.807) is 37.7 Å². The van der Waals surface area contributed by atoms with Crippen LogP contribution in [0.3, 0.4) is 0 Å². The minimum absolute atomic E-state index is 0.0145. The van der Waals surface area contributed by atoms with Crippen molar-refractivity contribution in [3.8, 4) is 34.4 Å². The first-order valence-corrected chi connectivity index (χ1v) is 16.5. The monoisotopic (exact) mass is 686 g/mol. The molecule has 3 aromatic carbocycles. The topological polar surface area (TPSA) is 103 Å². The van der Waals surface area contributed by atoms with Gasteiger partial charge in [-0.2, -0.15) is 5.10 Å². The van der Waals surface area contributed by atoms with Crippen LogP contribution in [0.1, 0.15) is 30.8 Å². The Labute approximate surface area is 289 Å². The molecule has 0 unspecified atom stereocenters. The number of nitrogens with one attached hydrogen (secondary N) is 1. The molecule has 1 amide bonds. The van der Waals surface area contributed by atoms with Crippen molar-refractivity contribution in [1.82, 2.24) is 24.6 Å². The second-order valence-corrected chi connectivity index (χ2v) is 12.3. The van der Waals surface area contributed by atoms with Gasteiger partial charge in [-0.05, 0) is 75.8 Å². The van der Waals surface area contributed by atoms with Gasteiger partial charge in [0.05, 0.1) is 37.2 Å². The fraction of sp³-hybridized carbons (Fsp3) is 0.324. The van der Waals surface area contributed by atoms with Gasteiger partial charge in [-0.15, -0.1) is 0 Å². The number of rotatable bonds is 13. The normalized spacial score (nSPS) is 13.8. The third-order valence-corrected chi connectivity index (χ3v) is 8.22. The van der Waals surface area contributed by atoms with Crippen molar-refractivity contribution < 1.29 is 32.5 Å². The highest BCUT2D eigenvalue weighted by Gasteiger charge is 2.21. The minimum Gasteiger partial charge on any atom is -0.493 e. The molecule has 13 heteroatoms. The summed E-state index contributed by atoms with van der Waals surface area (Å²) in [6, 6.07) is 15.0. The number of carbonyl (C=O) groups excluding carboxylic acids is 1. The Hall–Kier alpha value is -5.27. The number of piperazine rings is 1. The van der Waals surface area contributed by atoms with Crippen molar-refractivity contribution in [2.75, 3.05) is 58.8 Å². The van der Waals surface area contributed by atoms with E-state index in [0.717, 1.165) is 45.2 Å². The van der Waals surface area contributed by atoms with Crippen molar-refractivity contribution >= 4 is 22.5 Å². The van der Waals surface area contributed by atoms with Crippen LogP contribution in [0.2, 0.25) is 0 Å². The zero-order valence-electron chi connectivity index (χ0n) is 28.5. The maximum atomic E-state index is 15.4. The molecular formula is C37H40F2N6O5. The van der Waals surface area contributed by atoms with Gasteiger partial charge in [-0.25, -0.2) is 13.5 Å². The molecule has 262 valence electrons. The summed E-state index contributed by atoms with van der Waals surface area (Å²) in [5, 5.41) is 7.64. The fourth-order valence-electron chi connectivity index (χ4n) is 5.58. The molecule has 1 saturated heterocycles. The zero-order valence-corrected chi connectivity index (χ0v) is 28.5. The quantitative estimate of drug-likeness (QED) is 0.138. The van der Waals surface area contributed by atoms with E-state index in [0.29, 0.717) is 40.4 Å². The lowest BCUT2D eigenvalue weighted by molar-refractivity contribution is 0.101. The summed E-state index contributed by atoms with van der Waals surface area (Å²) < 4.78 is 53.8. The molecular weight excluding hydrogens is 646 g/mol. The Bertz CT molecular complexity index is 1940. The second kappa shape index (κ2) is 15.5. The molecule has 0 atom stereocenters. The second-order valence-electron chi connectivity index (χ2n) is 12.3. The number of amides is 1. The van der Waals surface area contributed by atoms with Gasteiger partial charge in [-0.1, -0.05) is 0 Å². The highest BCUT2D eigenvalue weighted by atomic mass is 19.1. The molecule has 0 aliphatic carbocycles. The molecule has 11 nitrogen and oxygen atoms in total. The van der Waals surface area contributed by atoms with Crippen molar-refractivity contribution in [3.05, 3.63) is 90.4 Å². The number of aromatic nitrogens is 3. The molecule has 6 rings (SSSR count). The van der Waals surface area contributed by atoms with Crippen LogP contribution in [0.5, 0.6) is 28.7 Å². The number of likely N-dealkylation sites (N-methyl/N-ethyl adjacent to an activating group) is 1. The third-order valence-electron chi connectivity index (χ3n) is 8.22. The lowest BCUT2D eigenvalue weighted by atomic mass is 10.1. The molecule has 1 aliphatic heterocycles. The lowest BCUT2D eigenvalue weighted by Gasteiger charge is -2.32. The maximum Gasteiger partial charge on any atom is 0.280 e. The third kappa shape index (κ3) is 8.29. The summed E-state index contributed by atoms with van der Waals surface area (Å²) >= 11 is 0. The van der Waals surface area contributed by atoms with Crippen LogP contribution >= 0.6 is 0 Å². The van der Waals surface area contributed by atoms with Crippen LogP contribution < -0.4 is 24.3 Å². The number of anilines is 1. The molecule has 0 spiro atoms. The van der Waals surface area contributed by atoms with Gasteiger partial charge >= 0.3 is 0 Å². The standard InChI is InChI=1S/C37H40F2N6O5/c1-24(2)49-35-23-45(27-9-6-25(38)7-10-27)42-36(35)37(46)41-26-8-11-32(29(39)20-26)50-31-12-13-40-30-22-34(33(47-4)21-28(30)31)48-19-5-14-44-17-15-43(3)16-18-44/h6-13,20-24H,5,14-19H2,1-4H3,(H,41,46). The molecule has 0 bridgehead atoms. The smallest absolute Gasteiger partial charge is 0.280 e. The number of hydrogen-bond acceptors (Lipinski definition) is 9. The van der Waals surface area contributed by atoms with Crippen LogP contribution in [-0.2, 0) is 0 Å². The Morgan fingerprint density at radius 3 is 2.42 bits per heavy atom. The molecule has 2 aromatic heterocycles. The fourth-order valence-corrected chi connectivity index (χ4v) is 5.58. The van der Waals surface area contributed by atoms with E-state index in [1.807, 2.05) is 13.8 Å². The predicted molar refractivity (Wildman–Crippen MR) is 186 cm³/mol. The summed E-state index contributed by atoms with van der Waals surface area (Å²) in [6.07, 6.45) is 3.75. The number of pyridine rings is 1. The lowest BCUT2D eigenvalue weighted by Crippen LogP contribution is -2.44. The van der Waals surface area contributed by atoms with E-state index in [-0.39, 0.29) is 29.0 Å². The molecule has 1 fully saturated rings. The number of fused-ring (bicyclic) bond motifs is 1. The van der Waals surface area contributed by atoms with Crippen LogP contribution in [0.15, 0.2) is 73.1 Å². The predicted octanol–water partition coefficient (Wildman–Crippen LogP) is 6.56. The molecule has 1 N–H and O–H groups in total. The number of ether oxygens (including phenoxy) is 4. The van der Waals surface area contributed by atoms with E-state index in [4.69, 9.17) is 18.9 Å². The highest BCUT2D eigenvalue weighted by Crippen LogP contribution is 2.38. The average Bonchev–Trinajstić information content (AvgIpc) is 3.52. The van der Waals surface area contributed by atoms with Gasteiger partial charge in [0.2, 0.25) is 0 Å².